The third kappa shape index (κ3) is 4.86. The SMILES string of the molecule is CCOC(=O)CN(c1cc(Cl)ccc1Cl)S(=O)(=O)c1ccc(OC)c(C)c1. The van der Waals surface area contributed by atoms with Crippen molar-refractivity contribution in [3.63, 3.8) is 0 Å². The van der Waals surface area contributed by atoms with E-state index < -0.39 is 22.5 Å². The monoisotopic (exact) mass is 431 g/mol. The van der Waals surface area contributed by atoms with Gasteiger partial charge in [-0.2, -0.15) is 0 Å². The predicted octanol–water partition coefficient (Wildman–Crippen LogP) is 4.07. The van der Waals surface area contributed by atoms with Gasteiger partial charge < -0.3 is 9.47 Å². The van der Waals surface area contributed by atoms with Crippen LogP contribution in [0.2, 0.25) is 10.0 Å². The molecule has 0 fully saturated rings. The Morgan fingerprint density at radius 2 is 1.85 bits per heavy atom. The van der Waals surface area contributed by atoms with Gasteiger partial charge in [-0.25, -0.2) is 8.42 Å². The molecule has 0 spiro atoms. The molecule has 9 heteroatoms. The Balaban J connectivity index is 2.59. The van der Waals surface area contributed by atoms with Crippen LogP contribution < -0.4 is 9.04 Å². The van der Waals surface area contributed by atoms with E-state index in [1.807, 2.05) is 0 Å². The number of carbonyl (C=O) groups excluding carboxylic acids is 1. The summed E-state index contributed by atoms with van der Waals surface area (Å²) in [5.41, 5.74) is 0.720. The van der Waals surface area contributed by atoms with Gasteiger partial charge in [0, 0.05) is 5.02 Å². The minimum absolute atomic E-state index is 0.0128. The molecule has 2 aromatic rings. The number of carbonyl (C=O) groups is 1. The standard InChI is InChI=1S/C18H19Cl2NO5S/c1-4-26-18(22)11-21(16-10-13(19)5-7-15(16)20)27(23,24)14-6-8-17(25-3)12(2)9-14/h5-10H,4,11H2,1-3H3. The van der Waals surface area contributed by atoms with Crippen LogP contribution in [0.4, 0.5) is 5.69 Å². The number of benzene rings is 2. The van der Waals surface area contributed by atoms with Crippen LogP contribution in [-0.4, -0.2) is 34.6 Å². The molecule has 0 unspecified atom stereocenters. The summed E-state index contributed by atoms with van der Waals surface area (Å²) in [4.78, 5) is 12.0. The first-order valence-corrected chi connectivity index (χ1v) is 10.2. The zero-order valence-electron chi connectivity index (χ0n) is 15.0. The maximum absolute atomic E-state index is 13.3. The van der Waals surface area contributed by atoms with Crippen LogP contribution in [0, 0.1) is 6.92 Å². The van der Waals surface area contributed by atoms with E-state index in [1.54, 1.807) is 19.9 Å². The number of halogens is 2. The normalized spacial score (nSPS) is 11.1. The van der Waals surface area contributed by atoms with Gasteiger partial charge in [0.1, 0.15) is 12.3 Å². The summed E-state index contributed by atoms with van der Waals surface area (Å²) >= 11 is 12.2. The zero-order valence-corrected chi connectivity index (χ0v) is 17.4. The summed E-state index contributed by atoms with van der Waals surface area (Å²) in [6.45, 7) is 2.94. The molecule has 0 aliphatic carbocycles. The van der Waals surface area contributed by atoms with Crippen molar-refractivity contribution >= 4 is 44.9 Å². The smallest absolute Gasteiger partial charge is 0.326 e. The summed E-state index contributed by atoms with van der Waals surface area (Å²) in [7, 11) is -2.63. The van der Waals surface area contributed by atoms with E-state index in [0.29, 0.717) is 11.3 Å². The highest BCUT2D eigenvalue weighted by molar-refractivity contribution is 7.92. The van der Waals surface area contributed by atoms with Gasteiger partial charge in [-0.05, 0) is 55.8 Å². The molecule has 0 saturated heterocycles. The number of rotatable bonds is 7. The van der Waals surface area contributed by atoms with E-state index in [-0.39, 0.29) is 27.2 Å². The van der Waals surface area contributed by atoms with Crippen LogP contribution in [0.3, 0.4) is 0 Å². The van der Waals surface area contributed by atoms with Crippen LogP contribution in [-0.2, 0) is 19.6 Å². The van der Waals surface area contributed by atoms with Crippen molar-refractivity contribution in [1.82, 2.24) is 0 Å². The maximum Gasteiger partial charge on any atom is 0.326 e. The van der Waals surface area contributed by atoms with Gasteiger partial charge in [0.25, 0.3) is 10.0 Å². The predicted molar refractivity (Wildman–Crippen MR) is 105 cm³/mol. The molecular formula is C18H19Cl2NO5S. The Labute approximate surface area is 168 Å². The Bertz CT molecular complexity index is 947. The second-order valence-electron chi connectivity index (χ2n) is 5.54. The van der Waals surface area contributed by atoms with Crippen molar-refractivity contribution in [2.75, 3.05) is 24.6 Å². The fourth-order valence-corrected chi connectivity index (χ4v) is 4.38. The molecule has 2 aromatic carbocycles. The lowest BCUT2D eigenvalue weighted by Crippen LogP contribution is -2.37. The number of hydrogen-bond acceptors (Lipinski definition) is 5. The molecule has 0 N–H and O–H groups in total. The fraction of sp³-hybridized carbons (Fsp3) is 0.278. The largest absolute Gasteiger partial charge is 0.496 e. The van der Waals surface area contributed by atoms with Crippen LogP contribution >= 0.6 is 23.2 Å². The van der Waals surface area contributed by atoms with Crippen LogP contribution in [0.1, 0.15) is 12.5 Å². The van der Waals surface area contributed by atoms with Gasteiger partial charge in [-0.1, -0.05) is 23.2 Å². The quantitative estimate of drug-likeness (QED) is 0.617. The summed E-state index contributed by atoms with van der Waals surface area (Å²) in [6, 6.07) is 8.79. The van der Waals surface area contributed by atoms with Gasteiger partial charge >= 0.3 is 5.97 Å². The van der Waals surface area contributed by atoms with Crippen LogP contribution in [0.5, 0.6) is 5.75 Å². The molecule has 146 valence electrons. The van der Waals surface area contributed by atoms with E-state index in [1.165, 1.54) is 37.4 Å². The van der Waals surface area contributed by atoms with E-state index in [2.05, 4.69) is 0 Å². The number of methoxy groups -OCH3 is 1. The number of sulfonamides is 1. The van der Waals surface area contributed by atoms with E-state index >= 15 is 0 Å². The molecule has 0 aromatic heterocycles. The molecule has 0 heterocycles. The topological polar surface area (TPSA) is 72.9 Å². The summed E-state index contributed by atoms with van der Waals surface area (Å²) in [5, 5.41) is 0.418. The van der Waals surface area contributed by atoms with Gasteiger partial charge in [0.05, 0.1) is 29.3 Å². The number of nitrogens with zero attached hydrogens (tertiary/aromatic N) is 1. The highest BCUT2D eigenvalue weighted by atomic mass is 35.5. The van der Waals surface area contributed by atoms with E-state index in [0.717, 1.165) is 4.31 Å². The van der Waals surface area contributed by atoms with Crippen molar-refractivity contribution in [2.24, 2.45) is 0 Å². The molecule has 0 aliphatic rings. The highest BCUT2D eigenvalue weighted by Gasteiger charge is 2.30. The summed E-state index contributed by atoms with van der Waals surface area (Å²) in [5.74, 6) is -0.158. The molecule has 27 heavy (non-hydrogen) atoms. The van der Waals surface area contributed by atoms with Crippen molar-refractivity contribution in [2.45, 2.75) is 18.7 Å². The van der Waals surface area contributed by atoms with Crippen molar-refractivity contribution in [1.29, 1.82) is 0 Å². The van der Waals surface area contributed by atoms with Crippen LogP contribution in [0.15, 0.2) is 41.3 Å². The third-order valence-electron chi connectivity index (χ3n) is 3.71. The fourth-order valence-electron chi connectivity index (χ4n) is 2.44. The van der Waals surface area contributed by atoms with Gasteiger partial charge in [-0.3, -0.25) is 9.10 Å². The molecule has 0 bridgehead atoms. The van der Waals surface area contributed by atoms with Crippen LogP contribution in [0.25, 0.3) is 0 Å². The lowest BCUT2D eigenvalue weighted by atomic mass is 10.2. The average Bonchev–Trinajstić information content (AvgIpc) is 2.62. The molecule has 0 aliphatic heterocycles. The lowest BCUT2D eigenvalue weighted by Gasteiger charge is -2.25. The number of ether oxygens (including phenoxy) is 2. The molecular weight excluding hydrogens is 413 g/mol. The molecule has 2 rings (SSSR count). The van der Waals surface area contributed by atoms with Crippen molar-refractivity contribution in [3.05, 3.63) is 52.0 Å². The Morgan fingerprint density at radius 1 is 1.15 bits per heavy atom. The molecule has 6 nitrogen and oxygen atoms in total. The maximum atomic E-state index is 13.3. The van der Waals surface area contributed by atoms with Crippen molar-refractivity contribution < 1.29 is 22.7 Å². The van der Waals surface area contributed by atoms with Gasteiger partial charge in [0.2, 0.25) is 0 Å². The second-order valence-corrected chi connectivity index (χ2v) is 8.25. The Kier molecular flexibility index (Phi) is 6.97. The second kappa shape index (κ2) is 8.82. The average molecular weight is 432 g/mol. The van der Waals surface area contributed by atoms with Gasteiger partial charge in [0.15, 0.2) is 0 Å². The molecule has 0 atom stereocenters. The number of hydrogen-bond donors (Lipinski definition) is 0. The summed E-state index contributed by atoms with van der Waals surface area (Å²) in [6.07, 6.45) is 0. The highest BCUT2D eigenvalue weighted by Crippen LogP contribution is 2.34. The third-order valence-corrected chi connectivity index (χ3v) is 6.02. The first-order valence-electron chi connectivity index (χ1n) is 7.98. The minimum atomic E-state index is -4.12. The lowest BCUT2D eigenvalue weighted by molar-refractivity contribution is -0.141. The summed E-state index contributed by atoms with van der Waals surface area (Å²) < 4.78 is 37.5. The first-order chi connectivity index (χ1) is 12.7. The Hall–Kier alpha value is -1.96. The molecule has 0 amide bonds. The van der Waals surface area contributed by atoms with E-state index in [9.17, 15) is 13.2 Å². The number of anilines is 1. The van der Waals surface area contributed by atoms with Gasteiger partial charge in [-0.15, -0.1) is 0 Å². The van der Waals surface area contributed by atoms with E-state index in [4.69, 9.17) is 32.7 Å². The zero-order chi connectivity index (χ0) is 20.2. The molecule has 0 saturated carbocycles. The first kappa shape index (κ1) is 21.3. The minimum Gasteiger partial charge on any atom is -0.496 e. The molecule has 0 radical (unpaired) electrons. The number of aryl methyl sites for hydroxylation is 1. The number of esters is 1. The van der Waals surface area contributed by atoms with Crippen molar-refractivity contribution in [3.8, 4) is 5.75 Å². The Morgan fingerprint density at radius 3 is 2.44 bits per heavy atom.